The fraction of sp³-hybridized carbons (Fsp3) is 0.556. The quantitative estimate of drug-likeness (QED) is 0.879. The first-order valence-electron chi connectivity index (χ1n) is 8.32. The van der Waals surface area contributed by atoms with E-state index in [2.05, 4.69) is 40.3 Å². The predicted molar refractivity (Wildman–Crippen MR) is 85.4 cm³/mol. The van der Waals surface area contributed by atoms with Crippen LogP contribution in [0.15, 0.2) is 30.5 Å². The maximum absolute atomic E-state index is 5.76. The molecule has 1 saturated heterocycles. The van der Waals surface area contributed by atoms with Crippen LogP contribution in [0.2, 0.25) is 0 Å². The second kappa shape index (κ2) is 5.82. The molecule has 3 nitrogen and oxygen atoms in total. The van der Waals surface area contributed by atoms with Crippen LogP contribution in [0.1, 0.15) is 37.7 Å². The zero-order valence-electron chi connectivity index (χ0n) is 12.6. The number of nitrogens with one attached hydrogen (secondary N) is 1. The molecule has 112 valence electrons. The average molecular weight is 284 g/mol. The van der Waals surface area contributed by atoms with Crippen LogP contribution in [0.4, 0.5) is 0 Å². The lowest BCUT2D eigenvalue weighted by atomic mass is 10.1. The lowest BCUT2D eigenvalue weighted by Crippen LogP contribution is -2.15. The molecule has 0 radical (unpaired) electrons. The van der Waals surface area contributed by atoms with Gasteiger partial charge in [0.05, 0.1) is 6.10 Å². The standard InChI is InChI=1S/C18H24N2O/c1-2-6-18-17(5-1)14(12-19-15-7-8-15)13-20(18)10-9-16-4-3-11-21-16/h1-2,5-6,13,15-16,19H,3-4,7-12H2. The van der Waals surface area contributed by atoms with E-state index in [1.54, 1.807) is 0 Å². The van der Waals surface area contributed by atoms with E-state index in [4.69, 9.17) is 4.74 Å². The van der Waals surface area contributed by atoms with Gasteiger partial charge < -0.3 is 14.6 Å². The lowest BCUT2D eigenvalue weighted by molar-refractivity contribution is 0.101. The number of ether oxygens (including phenoxy) is 1. The number of hydrogen-bond donors (Lipinski definition) is 1. The number of nitrogens with zero attached hydrogens (tertiary/aromatic N) is 1. The highest BCUT2D eigenvalue weighted by Crippen LogP contribution is 2.25. The molecule has 1 aliphatic carbocycles. The van der Waals surface area contributed by atoms with Crippen LogP contribution < -0.4 is 5.32 Å². The molecule has 21 heavy (non-hydrogen) atoms. The van der Waals surface area contributed by atoms with Crippen LogP contribution in [0.3, 0.4) is 0 Å². The molecule has 0 bridgehead atoms. The Morgan fingerprint density at radius 2 is 2.10 bits per heavy atom. The van der Waals surface area contributed by atoms with Crippen molar-refractivity contribution in [3.05, 3.63) is 36.0 Å². The van der Waals surface area contributed by atoms with Crippen molar-refractivity contribution in [2.24, 2.45) is 0 Å². The molecular weight excluding hydrogens is 260 g/mol. The zero-order valence-corrected chi connectivity index (χ0v) is 12.6. The molecule has 2 aliphatic rings. The molecule has 2 fully saturated rings. The molecule has 4 rings (SSSR count). The second-order valence-electron chi connectivity index (χ2n) is 6.44. The summed E-state index contributed by atoms with van der Waals surface area (Å²) in [4.78, 5) is 0. The molecule has 3 heteroatoms. The summed E-state index contributed by atoms with van der Waals surface area (Å²) in [5.74, 6) is 0. The van der Waals surface area contributed by atoms with Gasteiger partial charge in [0, 0.05) is 42.8 Å². The third-order valence-electron chi connectivity index (χ3n) is 4.75. The van der Waals surface area contributed by atoms with Crippen molar-refractivity contribution >= 4 is 10.9 Å². The maximum Gasteiger partial charge on any atom is 0.0593 e. The third-order valence-corrected chi connectivity index (χ3v) is 4.75. The van der Waals surface area contributed by atoms with Crippen molar-refractivity contribution in [3.63, 3.8) is 0 Å². The Morgan fingerprint density at radius 1 is 1.19 bits per heavy atom. The Morgan fingerprint density at radius 3 is 2.90 bits per heavy atom. The minimum Gasteiger partial charge on any atom is -0.378 e. The van der Waals surface area contributed by atoms with E-state index in [9.17, 15) is 0 Å². The van der Waals surface area contributed by atoms with E-state index in [0.29, 0.717) is 6.10 Å². The highest BCUT2D eigenvalue weighted by atomic mass is 16.5. The Kier molecular flexibility index (Phi) is 3.70. The smallest absolute Gasteiger partial charge is 0.0593 e. The minimum absolute atomic E-state index is 0.471. The minimum atomic E-state index is 0.471. The molecule has 1 N–H and O–H groups in total. The fourth-order valence-corrected chi connectivity index (χ4v) is 3.35. The molecule has 1 saturated carbocycles. The first kappa shape index (κ1) is 13.4. The van der Waals surface area contributed by atoms with Gasteiger partial charge in [0.25, 0.3) is 0 Å². The Hall–Kier alpha value is -1.32. The van der Waals surface area contributed by atoms with E-state index in [1.165, 1.54) is 42.1 Å². The van der Waals surface area contributed by atoms with Gasteiger partial charge in [-0.1, -0.05) is 18.2 Å². The van der Waals surface area contributed by atoms with Gasteiger partial charge in [-0.15, -0.1) is 0 Å². The van der Waals surface area contributed by atoms with Crippen molar-refractivity contribution in [1.29, 1.82) is 0 Å². The number of hydrogen-bond acceptors (Lipinski definition) is 2. The second-order valence-corrected chi connectivity index (χ2v) is 6.44. The Labute approximate surface area is 126 Å². The van der Waals surface area contributed by atoms with Crippen LogP contribution in [-0.2, 0) is 17.8 Å². The largest absolute Gasteiger partial charge is 0.378 e. The SMILES string of the molecule is c1ccc2c(c1)c(CNC1CC1)cn2CCC1CCCO1. The molecule has 1 aromatic carbocycles. The number of aryl methyl sites for hydroxylation is 1. The van der Waals surface area contributed by atoms with Crippen LogP contribution in [0.25, 0.3) is 10.9 Å². The van der Waals surface area contributed by atoms with Gasteiger partial charge in [-0.25, -0.2) is 0 Å². The van der Waals surface area contributed by atoms with Gasteiger partial charge in [-0.05, 0) is 43.7 Å². The van der Waals surface area contributed by atoms with Gasteiger partial charge in [-0.3, -0.25) is 0 Å². The van der Waals surface area contributed by atoms with Crippen LogP contribution in [0.5, 0.6) is 0 Å². The van der Waals surface area contributed by atoms with E-state index >= 15 is 0 Å². The number of para-hydroxylation sites is 1. The topological polar surface area (TPSA) is 26.2 Å². The summed E-state index contributed by atoms with van der Waals surface area (Å²) in [7, 11) is 0. The first-order valence-corrected chi connectivity index (χ1v) is 8.32. The van der Waals surface area contributed by atoms with Crippen molar-refractivity contribution in [3.8, 4) is 0 Å². The van der Waals surface area contributed by atoms with Gasteiger partial charge in [0.1, 0.15) is 0 Å². The van der Waals surface area contributed by atoms with E-state index in [-0.39, 0.29) is 0 Å². The highest BCUT2D eigenvalue weighted by Gasteiger charge is 2.21. The number of aromatic nitrogens is 1. The normalized spacial score (nSPS) is 22.2. The summed E-state index contributed by atoms with van der Waals surface area (Å²) >= 11 is 0. The van der Waals surface area contributed by atoms with E-state index in [0.717, 1.165) is 32.2 Å². The van der Waals surface area contributed by atoms with Crippen LogP contribution in [-0.4, -0.2) is 23.3 Å². The predicted octanol–water partition coefficient (Wildman–Crippen LogP) is 3.46. The van der Waals surface area contributed by atoms with Crippen molar-refractivity contribution in [2.45, 2.75) is 57.3 Å². The molecule has 0 spiro atoms. The summed E-state index contributed by atoms with van der Waals surface area (Å²) in [6, 6.07) is 9.54. The van der Waals surface area contributed by atoms with Crippen LogP contribution in [0, 0.1) is 0 Å². The summed E-state index contributed by atoms with van der Waals surface area (Å²) in [6.07, 6.45) is 9.10. The van der Waals surface area contributed by atoms with Crippen molar-refractivity contribution < 1.29 is 4.74 Å². The number of benzene rings is 1. The van der Waals surface area contributed by atoms with Gasteiger partial charge in [0.15, 0.2) is 0 Å². The number of rotatable bonds is 6. The molecule has 2 aromatic rings. The zero-order chi connectivity index (χ0) is 14.1. The molecular formula is C18H24N2O. The molecule has 1 aliphatic heterocycles. The van der Waals surface area contributed by atoms with Gasteiger partial charge in [0.2, 0.25) is 0 Å². The Bertz CT molecular complexity index is 609. The van der Waals surface area contributed by atoms with E-state index in [1.807, 2.05) is 0 Å². The third kappa shape index (κ3) is 2.99. The molecule has 1 unspecified atom stereocenters. The summed E-state index contributed by atoms with van der Waals surface area (Å²) < 4.78 is 8.17. The monoisotopic (exact) mass is 284 g/mol. The van der Waals surface area contributed by atoms with Gasteiger partial charge >= 0.3 is 0 Å². The van der Waals surface area contributed by atoms with Gasteiger partial charge in [-0.2, -0.15) is 0 Å². The fourth-order valence-electron chi connectivity index (χ4n) is 3.35. The first-order chi connectivity index (χ1) is 10.4. The average Bonchev–Trinajstić information content (AvgIpc) is 3.08. The summed E-state index contributed by atoms with van der Waals surface area (Å²) in [6.45, 7) is 3.01. The van der Waals surface area contributed by atoms with Crippen molar-refractivity contribution in [1.82, 2.24) is 9.88 Å². The Balaban J connectivity index is 1.52. The summed E-state index contributed by atoms with van der Waals surface area (Å²) in [5, 5.41) is 5.04. The molecule has 2 heterocycles. The maximum atomic E-state index is 5.76. The lowest BCUT2D eigenvalue weighted by Gasteiger charge is -2.10. The molecule has 1 atom stereocenters. The summed E-state index contributed by atoms with van der Waals surface area (Å²) in [5.41, 5.74) is 2.80. The van der Waals surface area contributed by atoms with Crippen molar-refractivity contribution in [2.75, 3.05) is 6.61 Å². The number of fused-ring (bicyclic) bond motifs is 1. The molecule has 0 amide bonds. The van der Waals surface area contributed by atoms with E-state index < -0.39 is 0 Å². The molecule has 1 aromatic heterocycles. The van der Waals surface area contributed by atoms with Crippen LogP contribution >= 0.6 is 0 Å². The highest BCUT2D eigenvalue weighted by molar-refractivity contribution is 5.83.